The molecule has 0 aromatic carbocycles. The lowest BCUT2D eigenvalue weighted by atomic mass is 10.0. The highest BCUT2D eigenvalue weighted by atomic mass is 16.5. The van der Waals surface area contributed by atoms with Crippen LogP contribution in [0.3, 0.4) is 0 Å². The third-order valence-corrected chi connectivity index (χ3v) is 4.84. The summed E-state index contributed by atoms with van der Waals surface area (Å²) in [6.07, 6.45) is 23.0. The SMILES string of the molecule is C=CC(=O)OCCCCCCCCCCCCCCCCCC(C)C. The van der Waals surface area contributed by atoms with Crippen molar-refractivity contribution in [1.82, 2.24) is 0 Å². The summed E-state index contributed by atoms with van der Waals surface area (Å²) in [7, 11) is 0. The average Bonchev–Trinajstić information content (AvgIpc) is 2.60. The van der Waals surface area contributed by atoms with Crippen molar-refractivity contribution in [2.24, 2.45) is 5.92 Å². The topological polar surface area (TPSA) is 26.3 Å². The lowest BCUT2D eigenvalue weighted by Gasteiger charge is -2.05. The lowest BCUT2D eigenvalue weighted by Crippen LogP contribution is -2.01. The van der Waals surface area contributed by atoms with Crippen LogP contribution in [0, 0.1) is 5.92 Å². The minimum absolute atomic E-state index is 0.300. The highest BCUT2D eigenvalue weighted by Gasteiger charge is 1.97. The molecule has 0 rings (SSSR count). The van der Waals surface area contributed by atoms with Crippen LogP contribution in [0.5, 0.6) is 0 Å². The first-order chi connectivity index (χ1) is 12.2. The van der Waals surface area contributed by atoms with Crippen LogP contribution < -0.4 is 0 Å². The molecular weight excluding hydrogens is 308 g/mol. The van der Waals surface area contributed by atoms with Crippen molar-refractivity contribution in [3.8, 4) is 0 Å². The van der Waals surface area contributed by atoms with Gasteiger partial charge in [-0.05, 0) is 12.3 Å². The van der Waals surface area contributed by atoms with Crippen molar-refractivity contribution in [3.05, 3.63) is 12.7 Å². The summed E-state index contributed by atoms with van der Waals surface area (Å²) < 4.78 is 4.96. The summed E-state index contributed by atoms with van der Waals surface area (Å²) in [5.41, 5.74) is 0. The molecule has 0 aliphatic rings. The van der Waals surface area contributed by atoms with Gasteiger partial charge < -0.3 is 4.74 Å². The summed E-state index contributed by atoms with van der Waals surface area (Å²) >= 11 is 0. The van der Waals surface area contributed by atoms with Crippen LogP contribution in [-0.4, -0.2) is 12.6 Å². The van der Waals surface area contributed by atoms with Gasteiger partial charge in [0.2, 0.25) is 0 Å². The lowest BCUT2D eigenvalue weighted by molar-refractivity contribution is -0.137. The normalized spacial score (nSPS) is 11.0. The number of ether oxygens (including phenoxy) is 1. The molecule has 0 radical (unpaired) electrons. The van der Waals surface area contributed by atoms with E-state index in [1.165, 1.54) is 102 Å². The van der Waals surface area contributed by atoms with Crippen LogP contribution in [-0.2, 0) is 9.53 Å². The van der Waals surface area contributed by atoms with Gasteiger partial charge in [0, 0.05) is 6.08 Å². The molecule has 148 valence electrons. The van der Waals surface area contributed by atoms with Crippen LogP contribution in [0.2, 0.25) is 0 Å². The minimum atomic E-state index is -0.300. The Morgan fingerprint density at radius 3 is 1.44 bits per heavy atom. The van der Waals surface area contributed by atoms with Gasteiger partial charge in [0.25, 0.3) is 0 Å². The Morgan fingerprint density at radius 1 is 0.720 bits per heavy atom. The van der Waals surface area contributed by atoms with Gasteiger partial charge in [-0.1, -0.05) is 117 Å². The van der Waals surface area contributed by atoms with E-state index in [1.54, 1.807) is 0 Å². The number of carbonyl (C=O) groups is 1. The Kier molecular flexibility index (Phi) is 18.9. The van der Waals surface area contributed by atoms with Crippen molar-refractivity contribution in [1.29, 1.82) is 0 Å². The second kappa shape index (κ2) is 19.5. The van der Waals surface area contributed by atoms with Crippen LogP contribution >= 0.6 is 0 Å². The molecule has 0 heterocycles. The summed E-state index contributed by atoms with van der Waals surface area (Å²) in [4.78, 5) is 10.9. The second-order valence-corrected chi connectivity index (χ2v) is 7.86. The monoisotopic (exact) mass is 352 g/mol. The van der Waals surface area contributed by atoms with E-state index in [0.717, 1.165) is 12.3 Å². The fourth-order valence-corrected chi connectivity index (χ4v) is 3.18. The molecular formula is C23H44O2. The molecule has 2 heteroatoms. The Hall–Kier alpha value is -0.790. The van der Waals surface area contributed by atoms with Crippen molar-refractivity contribution in [2.75, 3.05) is 6.61 Å². The Balaban J connectivity index is 3.03. The molecule has 0 aliphatic heterocycles. The third-order valence-electron chi connectivity index (χ3n) is 4.84. The summed E-state index contributed by atoms with van der Waals surface area (Å²) in [6, 6.07) is 0. The van der Waals surface area contributed by atoms with E-state index in [4.69, 9.17) is 4.74 Å². The average molecular weight is 353 g/mol. The molecule has 0 saturated heterocycles. The molecule has 0 aliphatic carbocycles. The van der Waals surface area contributed by atoms with Gasteiger partial charge in [0.15, 0.2) is 0 Å². The maximum absolute atomic E-state index is 10.9. The first-order valence-corrected chi connectivity index (χ1v) is 11.0. The molecule has 0 fully saturated rings. The minimum Gasteiger partial charge on any atom is -0.463 e. The van der Waals surface area contributed by atoms with E-state index in [0.29, 0.717) is 6.61 Å². The molecule has 0 aromatic rings. The Labute approximate surface area is 157 Å². The van der Waals surface area contributed by atoms with E-state index >= 15 is 0 Å². The zero-order valence-corrected chi connectivity index (χ0v) is 17.2. The molecule has 25 heavy (non-hydrogen) atoms. The van der Waals surface area contributed by atoms with E-state index in [2.05, 4.69) is 20.4 Å². The van der Waals surface area contributed by atoms with Gasteiger partial charge in [-0.25, -0.2) is 4.79 Å². The molecule has 0 spiro atoms. The van der Waals surface area contributed by atoms with Crippen LogP contribution in [0.25, 0.3) is 0 Å². The molecule has 0 unspecified atom stereocenters. The third kappa shape index (κ3) is 21.2. The van der Waals surface area contributed by atoms with Crippen molar-refractivity contribution in [2.45, 2.75) is 117 Å². The Bertz CT molecular complexity index is 296. The molecule has 0 bridgehead atoms. The van der Waals surface area contributed by atoms with Gasteiger partial charge in [-0.15, -0.1) is 0 Å². The number of unbranched alkanes of at least 4 members (excludes halogenated alkanes) is 14. The first kappa shape index (κ1) is 24.2. The highest BCUT2D eigenvalue weighted by Crippen LogP contribution is 2.14. The summed E-state index contributed by atoms with van der Waals surface area (Å²) in [6.45, 7) is 8.58. The van der Waals surface area contributed by atoms with Gasteiger partial charge in [0.1, 0.15) is 0 Å². The van der Waals surface area contributed by atoms with E-state index in [9.17, 15) is 4.79 Å². The van der Waals surface area contributed by atoms with Crippen molar-refractivity contribution >= 4 is 5.97 Å². The van der Waals surface area contributed by atoms with E-state index in [1.807, 2.05) is 0 Å². The Morgan fingerprint density at radius 2 is 1.08 bits per heavy atom. The van der Waals surface area contributed by atoms with Gasteiger partial charge in [-0.2, -0.15) is 0 Å². The maximum Gasteiger partial charge on any atom is 0.330 e. The standard InChI is InChI=1S/C23H44O2/c1-4-23(24)25-21-19-17-15-13-11-9-7-5-6-8-10-12-14-16-18-20-22(2)3/h4,22H,1,5-21H2,2-3H3. The van der Waals surface area contributed by atoms with E-state index < -0.39 is 0 Å². The fraction of sp³-hybridized carbons (Fsp3) is 0.870. The molecule has 0 N–H and O–H groups in total. The van der Waals surface area contributed by atoms with Crippen LogP contribution in [0.4, 0.5) is 0 Å². The second-order valence-electron chi connectivity index (χ2n) is 7.86. The number of hydrogen-bond acceptors (Lipinski definition) is 2. The van der Waals surface area contributed by atoms with Crippen LogP contribution in [0.1, 0.15) is 117 Å². The number of rotatable bonds is 19. The fourth-order valence-electron chi connectivity index (χ4n) is 3.18. The van der Waals surface area contributed by atoms with Gasteiger partial charge >= 0.3 is 5.97 Å². The highest BCUT2D eigenvalue weighted by molar-refractivity contribution is 5.81. The predicted octanol–water partition coefficient (Wildman–Crippen LogP) is 7.61. The van der Waals surface area contributed by atoms with Crippen LogP contribution in [0.15, 0.2) is 12.7 Å². The molecule has 0 amide bonds. The number of hydrogen-bond donors (Lipinski definition) is 0. The van der Waals surface area contributed by atoms with Crippen molar-refractivity contribution in [3.63, 3.8) is 0 Å². The molecule has 0 saturated carbocycles. The smallest absolute Gasteiger partial charge is 0.330 e. The number of carbonyl (C=O) groups excluding carboxylic acids is 1. The summed E-state index contributed by atoms with van der Waals surface area (Å²) in [5, 5.41) is 0. The molecule has 0 atom stereocenters. The quantitative estimate of drug-likeness (QED) is 0.136. The van der Waals surface area contributed by atoms with E-state index in [-0.39, 0.29) is 5.97 Å². The zero-order valence-electron chi connectivity index (χ0n) is 17.2. The van der Waals surface area contributed by atoms with Crippen molar-refractivity contribution < 1.29 is 9.53 Å². The van der Waals surface area contributed by atoms with Gasteiger partial charge in [-0.3, -0.25) is 0 Å². The molecule has 2 nitrogen and oxygen atoms in total. The zero-order chi connectivity index (χ0) is 18.6. The first-order valence-electron chi connectivity index (χ1n) is 11.0. The van der Waals surface area contributed by atoms with Gasteiger partial charge in [0.05, 0.1) is 6.61 Å². The largest absolute Gasteiger partial charge is 0.463 e. The molecule has 0 aromatic heterocycles. The number of esters is 1. The predicted molar refractivity (Wildman–Crippen MR) is 110 cm³/mol. The summed E-state index contributed by atoms with van der Waals surface area (Å²) in [5.74, 6) is 0.577. The maximum atomic E-state index is 10.9.